The van der Waals surface area contributed by atoms with Gasteiger partial charge in [-0.25, -0.2) is 4.39 Å². The van der Waals surface area contributed by atoms with Gasteiger partial charge in [-0.15, -0.1) is 10.2 Å². The summed E-state index contributed by atoms with van der Waals surface area (Å²) in [4.78, 5) is 25.8. The molecule has 0 aliphatic heterocycles. The molecule has 35 heavy (non-hydrogen) atoms. The van der Waals surface area contributed by atoms with Crippen molar-refractivity contribution in [2.24, 2.45) is 0 Å². The van der Waals surface area contributed by atoms with E-state index in [1.807, 2.05) is 43.3 Å². The average Bonchev–Trinajstić information content (AvgIpc) is 3.30. The molecule has 0 bridgehead atoms. The van der Waals surface area contributed by atoms with Crippen LogP contribution in [0, 0.1) is 12.7 Å². The Kier molecular flexibility index (Phi) is 6.33. The summed E-state index contributed by atoms with van der Waals surface area (Å²) < 4.78 is 16.7. The first-order chi connectivity index (χ1) is 17.0. The van der Waals surface area contributed by atoms with Crippen molar-refractivity contribution < 1.29 is 9.18 Å². The summed E-state index contributed by atoms with van der Waals surface area (Å²) in [6.45, 7) is 2.68. The van der Waals surface area contributed by atoms with Gasteiger partial charge in [0.05, 0.1) is 23.2 Å². The molecule has 0 aliphatic carbocycles. The van der Waals surface area contributed by atoms with Gasteiger partial charge in [-0.05, 0) is 42.3 Å². The highest BCUT2D eigenvalue weighted by atomic mass is 32.2. The Morgan fingerprint density at radius 2 is 1.69 bits per heavy atom. The van der Waals surface area contributed by atoms with Crippen LogP contribution in [0.15, 0.2) is 82.7 Å². The van der Waals surface area contributed by atoms with Gasteiger partial charge in [0.1, 0.15) is 5.82 Å². The van der Waals surface area contributed by atoms with Crippen LogP contribution < -0.4 is 10.9 Å². The van der Waals surface area contributed by atoms with Gasteiger partial charge in [0.25, 0.3) is 5.56 Å². The zero-order valence-corrected chi connectivity index (χ0v) is 19.8. The highest BCUT2D eigenvalue weighted by molar-refractivity contribution is 7.99. The van der Waals surface area contributed by atoms with Gasteiger partial charge >= 0.3 is 0 Å². The maximum absolute atomic E-state index is 13.4. The van der Waals surface area contributed by atoms with E-state index in [0.717, 1.165) is 11.1 Å². The van der Waals surface area contributed by atoms with Gasteiger partial charge in [-0.1, -0.05) is 65.9 Å². The second-order valence-electron chi connectivity index (χ2n) is 8.20. The molecule has 2 aromatic heterocycles. The van der Waals surface area contributed by atoms with E-state index >= 15 is 0 Å². The minimum Gasteiger partial charge on any atom is -0.351 e. The number of nitrogens with one attached hydrogen (secondary N) is 1. The number of hydrogen-bond donors (Lipinski definition) is 1. The number of carbonyl (C=O) groups is 1. The molecule has 0 unspecified atom stereocenters. The molecule has 0 fully saturated rings. The summed E-state index contributed by atoms with van der Waals surface area (Å²) >= 11 is 1.25. The molecule has 0 saturated carbocycles. The van der Waals surface area contributed by atoms with Crippen molar-refractivity contribution in [1.82, 2.24) is 24.5 Å². The number of nitrogens with zero attached hydrogens (tertiary/aromatic N) is 4. The van der Waals surface area contributed by atoms with E-state index < -0.39 is 0 Å². The van der Waals surface area contributed by atoms with Crippen molar-refractivity contribution in [1.29, 1.82) is 0 Å². The van der Waals surface area contributed by atoms with Crippen LogP contribution >= 0.6 is 11.8 Å². The van der Waals surface area contributed by atoms with Crippen LogP contribution in [0.4, 0.5) is 4.39 Å². The van der Waals surface area contributed by atoms with Crippen molar-refractivity contribution >= 4 is 34.3 Å². The first-order valence-electron chi connectivity index (χ1n) is 11.1. The fourth-order valence-corrected chi connectivity index (χ4v) is 4.60. The summed E-state index contributed by atoms with van der Waals surface area (Å²) in [6.07, 6.45) is 0. The normalized spacial score (nSPS) is 11.3. The van der Waals surface area contributed by atoms with E-state index in [9.17, 15) is 14.0 Å². The Bertz CT molecular complexity index is 1580. The lowest BCUT2D eigenvalue weighted by molar-refractivity contribution is -0.118. The minimum absolute atomic E-state index is 0.128. The van der Waals surface area contributed by atoms with Crippen LogP contribution in [0.1, 0.15) is 16.7 Å². The second kappa shape index (κ2) is 9.71. The van der Waals surface area contributed by atoms with Gasteiger partial charge in [0.2, 0.25) is 11.7 Å². The van der Waals surface area contributed by atoms with Gasteiger partial charge in [0, 0.05) is 6.54 Å². The Morgan fingerprint density at radius 3 is 2.46 bits per heavy atom. The van der Waals surface area contributed by atoms with Crippen molar-refractivity contribution in [3.8, 4) is 0 Å². The molecule has 0 radical (unpaired) electrons. The summed E-state index contributed by atoms with van der Waals surface area (Å²) in [5.41, 5.74) is 3.41. The number of fused-ring (bicyclic) bond motifs is 3. The molecule has 5 rings (SSSR count). The fraction of sp³-hybridized carbons (Fsp3) is 0.154. The van der Waals surface area contributed by atoms with Gasteiger partial charge < -0.3 is 5.32 Å². The lowest BCUT2D eigenvalue weighted by Crippen LogP contribution is -2.25. The molecule has 9 heteroatoms. The maximum Gasteiger partial charge on any atom is 0.263 e. The van der Waals surface area contributed by atoms with Crippen LogP contribution in [0.25, 0.3) is 16.7 Å². The predicted molar refractivity (Wildman–Crippen MR) is 134 cm³/mol. The largest absolute Gasteiger partial charge is 0.351 e. The predicted octanol–water partition coefficient (Wildman–Crippen LogP) is 3.95. The van der Waals surface area contributed by atoms with Gasteiger partial charge in [0.15, 0.2) is 5.16 Å². The Balaban J connectivity index is 1.42. The number of amides is 1. The molecule has 5 aromatic rings. The van der Waals surface area contributed by atoms with Crippen LogP contribution in [-0.2, 0) is 17.9 Å². The number of para-hydroxylation sites is 1. The standard InChI is InChI=1S/C26H22FN5O2S/c1-17-6-8-18(9-7-17)14-28-23(33)16-35-26-30-29-25-31(15-19-10-12-20(27)13-11-19)24(34)21-4-2-3-5-22(21)32(25)26/h2-13H,14-16H2,1H3,(H,28,33). The Labute approximate surface area is 204 Å². The smallest absolute Gasteiger partial charge is 0.263 e. The lowest BCUT2D eigenvalue weighted by Gasteiger charge is -2.11. The molecular formula is C26H22FN5O2S. The number of carbonyl (C=O) groups excluding carboxylic acids is 1. The Morgan fingerprint density at radius 1 is 0.971 bits per heavy atom. The average molecular weight is 488 g/mol. The van der Waals surface area contributed by atoms with Crippen molar-refractivity contribution in [2.75, 3.05) is 5.75 Å². The second-order valence-corrected chi connectivity index (χ2v) is 9.15. The molecule has 0 saturated heterocycles. The van der Waals surface area contributed by atoms with Crippen LogP contribution in [0.5, 0.6) is 0 Å². The zero-order chi connectivity index (χ0) is 24.4. The molecule has 1 N–H and O–H groups in total. The molecule has 176 valence electrons. The molecule has 0 atom stereocenters. The summed E-state index contributed by atoms with van der Waals surface area (Å²) in [6, 6.07) is 21.2. The molecule has 0 spiro atoms. The van der Waals surface area contributed by atoms with E-state index in [1.54, 1.807) is 28.7 Å². The molecular weight excluding hydrogens is 465 g/mol. The molecule has 3 aromatic carbocycles. The van der Waals surface area contributed by atoms with Crippen molar-refractivity contribution in [2.45, 2.75) is 25.2 Å². The van der Waals surface area contributed by atoms with E-state index in [0.29, 0.717) is 28.4 Å². The van der Waals surface area contributed by atoms with Crippen molar-refractivity contribution in [3.05, 3.63) is 106 Å². The first-order valence-corrected chi connectivity index (χ1v) is 12.0. The third-order valence-electron chi connectivity index (χ3n) is 5.67. The number of halogens is 1. The number of benzene rings is 3. The number of aryl methyl sites for hydroxylation is 1. The van der Waals surface area contributed by atoms with Gasteiger partial charge in [-0.2, -0.15) is 0 Å². The quantitative estimate of drug-likeness (QED) is 0.352. The molecule has 0 aliphatic rings. The van der Waals surface area contributed by atoms with E-state index in [4.69, 9.17) is 0 Å². The maximum atomic E-state index is 13.4. The third-order valence-corrected chi connectivity index (χ3v) is 6.60. The van der Waals surface area contributed by atoms with Crippen LogP contribution in [0.2, 0.25) is 0 Å². The van der Waals surface area contributed by atoms with E-state index in [1.165, 1.54) is 34.0 Å². The number of aromatic nitrogens is 4. The van der Waals surface area contributed by atoms with Crippen LogP contribution in [0.3, 0.4) is 0 Å². The monoisotopic (exact) mass is 487 g/mol. The van der Waals surface area contributed by atoms with E-state index in [2.05, 4.69) is 15.5 Å². The number of hydrogen-bond acceptors (Lipinski definition) is 5. The number of thioether (sulfide) groups is 1. The highest BCUT2D eigenvalue weighted by Gasteiger charge is 2.18. The number of rotatable bonds is 7. The SMILES string of the molecule is Cc1ccc(CNC(=O)CSc2nnc3n(Cc4ccc(F)cc4)c(=O)c4ccccc4n23)cc1. The van der Waals surface area contributed by atoms with Gasteiger partial charge in [-0.3, -0.25) is 18.6 Å². The molecule has 2 heterocycles. The van der Waals surface area contributed by atoms with E-state index in [-0.39, 0.29) is 29.6 Å². The Hall–Kier alpha value is -3.98. The molecule has 1 amide bonds. The van der Waals surface area contributed by atoms with Crippen molar-refractivity contribution in [3.63, 3.8) is 0 Å². The summed E-state index contributed by atoms with van der Waals surface area (Å²) in [7, 11) is 0. The van der Waals surface area contributed by atoms with Crippen LogP contribution in [-0.4, -0.2) is 30.8 Å². The highest BCUT2D eigenvalue weighted by Crippen LogP contribution is 2.22. The third kappa shape index (κ3) is 4.81. The lowest BCUT2D eigenvalue weighted by atomic mass is 10.1. The molecule has 7 nitrogen and oxygen atoms in total. The summed E-state index contributed by atoms with van der Waals surface area (Å²) in [5, 5.41) is 12.5. The summed E-state index contributed by atoms with van der Waals surface area (Å²) in [5.74, 6) is 0.0429. The minimum atomic E-state index is -0.341. The fourth-order valence-electron chi connectivity index (χ4n) is 3.83. The first kappa shape index (κ1) is 22.8. The topological polar surface area (TPSA) is 81.3 Å². The zero-order valence-electron chi connectivity index (χ0n) is 18.9.